The minimum absolute atomic E-state index is 0.0507. The lowest BCUT2D eigenvalue weighted by molar-refractivity contribution is -0.119. The highest BCUT2D eigenvalue weighted by Gasteiger charge is 2.31. The summed E-state index contributed by atoms with van der Waals surface area (Å²) in [5, 5.41) is 0. The molecule has 0 bridgehead atoms. The van der Waals surface area contributed by atoms with Gasteiger partial charge in [0.05, 0.1) is 10.6 Å². The third-order valence-electron chi connectivity index (χ3n) is 5.06. The average molecular weight is 452 g/mol. The molecule has 0 saturated carbocycles. The number of benzene rings is 3. The normalized spacial score (nSPS) is 11.2. The number of carbonyl (C=O) groups is 1. The van der Waals surface area contributed by atoms with Crippen molar-refractivity contribution >= 4 is 21.6 Å². The summed E-state index contributed by atoms with van der Waals surface area (Å²) in [6.45, 7) is 5.60. The van der Waals surface area contributed by atoms with Gasteiger partial charge in [0, 0.05) is 0 Å². The number of ether oxygens (including phenoxy) is 1. The Morgan fingerprint density at radius 2 is 1.53 bits per heavy atom. The van der Waals surface area contributed by atoms with E-state index in [1.54, 1.807) is 30.3 Å². The molecule has 0 aliphatic heterocycles. The Morgan fingerprint density at radius 3 is 2.12 bits per heavy atom. The Labute approximate surface area is 190 Å². The van der Waals surface area contributed by atoms with Crippen LogP contribution in [0.15, 0.2) is 77.7 Å². The first-order valence-corrected chi connectivity index (χ1v) is 12.2. The molecule has 0 fully saturated rings. The third-order valence-corrected chi connectivity index (χ3v) is 6.82. The van der Waals surface area contributed by atoms with Gasteiger partial charge < -0.3 is 4.74 Å². The quantitative estimate of drug-likeness (QED) is 0.434. The Hall–Kier alpha value is -3.12. The van der Waals surface area contributed by atoms with E-state index in [1.165, 1.54) is 12.1 Å². The number of anilines is 1. The van der Waals surface area contributed by atoms with Crippen LogP contribution in [0.5, 0.6) is 5.75 Å². The zero-order valence-electron chi connectivity index (χ0n) is 18.7. The molecular weight excluding hydrogens is 422 g/mol. The Kier molecular flexibility index (Phi) is 7.70. The largest absolute Gasteiger partial charge is 0.484 e. The first kappa shape index (κ1) is 23.5. The maximum absolute atomic E-state index is 13.4. The fourth-order valence-corrected chi connectivity index (χ4v) is 4.95. The van der Waals surface area contributed by atoms with Gasteiger partial charge >= 0.3 is 0 Å². The van der Waals surface area contributed by atoms with Gasteiger partial charge in [-0.15, -0.1) is 0 Å². The number of hydrogen-bond acceptors (Lipinski definition) is 4. The Morgan fingerprint density at radius 1 is 0.906 bits per heavy atom. The molecule has 1 amide bonds. The number of sulfonamides is 1. The highest BCUT2D eigenvalue weighted by atomic mass is 32.2. The van der Waals surface area contributed by atoms with Crippen LogP contribution >= 0.6 is 0 Å². The summed E-state index contributed by atoms with van der Waals surface area (Å²) in [5.41, 5.74) is 3.41. The van der Waals surface area contributed by atoms with E-state index in [1.807, 2.05) is 44.2 Å². The monoisotopic (exact) mass is 451 g/mol. The number of rotatable bonds is 9. The van der Waals surface area contributed by atoms with E-state index < -0.39 is 22.5 Å². The molecule has 5 nitrogen and oxygen atoms in total. The first-order valence-electron chi connectivity index (χ1n) is 10.7. The lowest BCUT2D eigenvalue weighted by Gasteiger charge is -2.23. The molecule has 3 aromatic rings. The van der Waals surface area contributed by atoms with Crippen LogP contribution in [0.25, 0.3) is 0 Å². The lowest BCUT2D eigenvalue weighted by Crippen LogP contribution is -2.40. The second-order valence-corrected chi connectivity index (χ2v) is 9.65. The van der Waals surface area contributed by atoms with Gasteiger partial charge in [-0.1, -0.05) is 49.7 Å². The second-order valence-electron chi connectivity index (χ2n) is 7.86. The van der Waals surface area contributed by atoms with Crippen molar-refractivity contribution in [2.45, 2.75) is 44.9 Å². The smallest absolute Gasteiger partial charge is 0.278 e. The van der Waals surface area contributed by atoms with Gasteiger partial charge in [-0.3, -0.25) is 4.79 Å². The van der Waals surface area contributed by atoms with Crippen LogP contribution in [0.1, 0.15) is 36.5 Å². The maximum atomic E-state index is 13.4. The van der Waals surface area contributed by atoms with E-state index in [4.69, 9.17) is 4.74 Å². The van der Waals surface area contributed by atoms with Crippen LogP contribution in [0.4, 0.5) is 5.69 Å². The SMILES string of the molecule is CCCCc1ccc(N(C(=O)COc2cc(C)cc(C)c2)S(=O)(=O)c2ccccc2)cc1. The van der Waals surface area contributed by atoms with Crippen LogP contribution in [-0.4, -0.2) is 20.9 Å². The highest BCUT2D eigenvalue weighted by molar-refractivity contribution is 7.93. The second kappa shape index (κ2) is 10.5. The molecule has 32 heavy (non-hydrogen) atoms. The molecule has 0 unspecified atom stereocenters. The van der Waals surface area contributed by atoms with Crippen LogP contribution in [-0.2, 0) is 21.2 Å². The van der Waals surface area contributed by atoms with Crippen molar-refractivity contribution in [1.29, 1.82) is 0 Å². The summed E-state index contributed by atoms with van der Waals surface area (Å²) in [6.07, 6.45) is 3.03. The molecule has 6 heteroatoms. The summed E-state index contributed by atoms with van der Waals surface area (Å²) >= 11 is 0. The lowest BCUT2D eigenvalue weighted by atomic mass is 10.1. The van der Waals surface area contributed by atoms with Gasteiger partial charge in [-0.05, 0) is 79.8 Å². The standard InChI is InChI=1S/C26H29NO4S/c1-4-5-9-22-12-14-23(15-13-22)27(32(29,30)25-10-7-6-8-11-25)26(28)19-31-24-17-20(2)16-21(3)18-24/h6-8,10-18H,4-5,9,19H2,1-3H3. The Bertz CT molecular complexity index is 1140. The zero-order chi connectivity index (χ0) is 23.1. The van der Waals surface area contributed by atoms with Crippen LogP contribution in [0.2, 0.25) is 0 Å². The van der Waals surface area contributed by atoms with Crippen molar-refractivity contribution in [2.24, 2.45) is 0 Å². The molecule has 0 aliphatic carbocycles. The summed E-state index contributed by atoms with van der Waals surface area (Å²) < 4.78 is 33.3. The number of carbonyl (C=O) groups excluding carboxylic acids is 1. The van der Waals surface area contributed by atoms with Gasteiger partial charge in [0.2, 0.25) is 0 Å². The van der Waals surface area contributed by atoms with Gasteiger partial charge in [0.25, 0.3) is 15.9 Å². The van der Waals surface area contributed by atoms with Gasteiger partial charge in [-0.25, -0.2) is 8.42 Å². The average Bonchev–Trinajstić information content (AvgIpc) is 2.77. The molecule has 3 rings (SSSR count). The summed E-state index contributed by atoms with van der Waals surface area (Å²) in [6, 6.07) is 20.7. The van der Waals surface area contributed by atoms with E-state index in [2.05, 4.69) is 6.92 Å². The molecule has 0 aromatic heterocycles. The van der Waals surface area contributed by atoms with Crippen LogP contribution in [0.3, 0.4) is 0 Å². The topological polar surface area (TPSA) is 63.7 Å². The van der Waals surface area contributed by atoms with Crippen molar-refractivity contribution in [1.82, 2.24) is 0 Å². The minimum atomic E-state index is -4.10. The van der Waals surface area contributed by atoms with E-state index in [-0.39, 0.29) is 4.90 Å². The van der Waals surface area contributed by atoms with Crippen LogP contribution < -0.4 is 9.04 Å². The number of amides is 1. The first-order chi connectivity index (χ1) is 15.3. The third kappa shape index (κ3) is 5.77. The van der Waals surface area contributed by atoms with Crippen LogP contribution in [0, 0.1) is 13.8 Å². The fourth-order valence-electron chi connectivity index (χ4n) is 3.51. The van der Waals surface area contributed by atoms with Crippen molar-refractivity contribution in [2.75, 3.05) is 10.9 Å². The maximum Gasteiger partial charge on any atom is 0.278 e. The number of hydrogen-bond donors (Lipinski definition) is 0. The predicted molar refractivity (Wildman–Crippen MR) is 128 cm³/mol. The molecule has 0 N–H and O–H groups in total. The van der Waals surface area contributed by atoms with Crippen molar-refractivity contribution < 1.29 is 17.9 Å². The minimum Gasteiger partial charge on any atom is -0.484 e. The van der Waals surface area contributed by atoms with E-state index >= 15 is 0 Å². The molecule has 0 spiro atoms. The predicted octanol–water partition coefficient (Wildman–Crippen LogP) is 5.45. The van der Waals surface area contributed by atoms with Gasteiger partial charge in [0.1, 0.15) is 5.75 Å². The van der Waals surface area contributed by atoms with Crippen molar-refractivity contribution in [3.63, 3.8) is 0 Å². The van der Waals surface area contributed by atoms with E-state index in [0.29, 0.717) is 11.4 Å². The summed E-state index contributed by atoms with van der Waals surface area (Å²) in [7, 11) is -4.10. The number of unbranched alkanes of at least 4 members (excludes halogenated alkanes) is 1. The molecule has 0 heterocycles. The molecule has 0 aliphatic rings. The van der Waals surface area contributed by atoms with Crippen molar-refractivity contribution in [3.8, 4) is 5.75 Å². The molecule has 0 radical (unpaired) electrons. The zero-order valence-corrected chi connectivity index (χ0v) is 19.6. The fraction of sp³-hybridized carbons (Fsp3) is 0.269. The van der Waals surface area contributed by atoms with Gasteiger partial charge in [-0.2, -0.15) is 4.31 Å². The molecular formula is C26H29NO4S. The summed E-state index contributed by atoms with van der Waals surface area (Å²) in [5.74, 6) is -0.128. The van der Waals surface area contributed by atoms with E-state index in [0.717, 1.165) is 40.3 Å². The molecule has 0 atom stereocenters. The van der Waals surface area contributed by atoms with E-state index in [9.17, 15) is 13.2 Å². The van der Waals surface area contributed by atoms with Gasteiger partial charge in [0.15, 0.2) is 6.61 Å². The number of nitrogens with zero attached hydrogens (tertiary/aromatic N) is 1. The highest BCUT2D eigenvalue weighted by Crippen LogP contribution is 2.25. The Balaban J connectivity index is 1.92. The van der Waals surface area contributed by atoms with Crippen molar-refractivity contribution in [3.05, 3.63) is 89.5 Å². The molecule has 168 valence electrons. The molecule has 3 aromatic carbocycles. The summed E-state index contributed by atoms with van der Waals surface area (Å²) in [4.78, 5) is 13.2. The number of aryl methyl sites for hydroxylation is 3. The molecule has 0 saturated heterocycles.